The fourth-order valence-electron chi connectivity index (χ4n) is 2.49. The number of nitrogens with one attached hydrogen (secondary N) is 3. The number of carbonyl (C=O) groups excluding carboxylic acids is 1. The van der Waals surface area contributed by atoms with Crippen LogP contribution in [-0.2, 0) is 21.2 Å². The van der Waals surface area contributed by atoms with Gasteiger partial charge in [-0.2, -0.15) is 0 Å². The van der Waals surface area contributed by atoms with Gasteiger partial charge >= 0.3 is 0 Å². The molecule has 2 rings (SSSR count). The molecule has 1 aromatic rings. The molecule has 0 spiro atoms. The molecule has 8 heteroatoms. The molecule has 0 fully saturated rings. The third kappa shape index (κ3) is 6.89. The third-order valence-corrected chi connectivity index (χ3v) is 6.87. The molecule has 0 aliphatic carbocycles. The van der Waals surface area contributed by atoms with Crippen molar-refractivity contribution in [2.24, 2.45) is 5.92 Å². The minimum Gasteiger partial charge on any atom is -0.356 e. The highest BCUT2D eigenvalue weighted by molar-refractivity contribution is 7.91. The van der Waals surface area contributed by atoms with E-state index >= 15 is 0 Å². The number of amides is 1. The van der Waals surface area contributed by atoms with E-state index in [1.807, 2.05) is 26.0 Å². The van der Waals surface area contributed by atoms with Crippen molar-refractivity contribution >= 4 is 27.3 Å². The average Bonchev–Trinajstić information content (AvgIpc) is 3.03. The Hall–Kier alpha value is -1.22. The summed E-state index contributed by atoms with van der Waals surface area (Å²) < 4.78 is 27.8. The second-order valence-corrected chi connectivity index (χ2v) is 9.72. The van der Waals surface area contributed by atoms with Gasteiger partial charge in [-0.25, -0.2) is 13.1 Å². The van der Waals surface area contributed by atoms with Gasteiger partial charge in [-0.1, -0.05) is 25.5 Å². The summed E-state index contributed by atoms with van der Waals surface area (Å²) in [4.78, 5) is 12.6. The molecule has 1 aliphatic heterocycles. The van der Waals surface area contributed by atoms with E-state index in [9.17, 15) is 13.2 Å². The first-order chi connectivity index (χ1) is 11.9. The standard InChI is InChI=1S/C17H27N3O3S2/c1-13(2)11-16(21)19-10-7-15-3-4-17(24-15)25(22,23)20-12-14-5-8-18-9-6-14/h3-5,13,18,20H,6-12H2,1-2H3,(H,19,21). The lowest BCUT2D eigenvalue weighted by atomic mass is 10.1. The van der Waals surface area contributed by atoms with Gasteiger partial charge in [-0.3, -0.25) is 4.79 Å². The smallest absolute Gasteiger partial charge is 0.250 e. The fraction of sp³-hybridized carbons (Fsp3) is 0.588. The van der Waals surface area contributed by atoms with Crippen LogP contribution in [0.2, 0.25) is 0 Å². The Bertz CT molecular complexity index is 708. The van der Waals surface area contributed by atoms with Crippen LogP contribution in [0.15, 0.2) is 28.0 Å². The summed E-state index contributed by atoms with van der Waals surface area (Å²) >= 11 is 1.26. The fourth-order valence-corrected chi connectivity index (χ4v) is 4.93. The highest BCUT2D eigenvalue weighted by atomic mass is 32.2. The summed E-state index contributed by atoms with van der Waals surface area (Å²) in [6, 6.07) is 3.45. The molecular formula is C17H27N3O3S2. The minimum absolute atomic E-state index is 0.0383. The molecule has 0 bridgehead atoms. The van der Waals surface area contributed by atoms with E-state index in [4.69, 9.17) is 0 Å². The van der Waals surface area contributed by atoms with E-state index in [1.165, 1.54) is 11.3 Å². The molecular weight excluding hydrogens is 358 g/mol. The Balaban J connectivity index is 1.82. The SMILES string of the molecule is CC(C)CC(=O)NCCc1ccc(S(=O)(=O)NCC2=CCNCC2)s1. The van der Waals surface area contributed by atoms with Crippen molar-refractivity contribution in [3.63, 3.8) is 0 Å². The van der Waals surface area contributed by atoms with Gasteiger partial charge in [0.1, 0.15) is 4.21 Å². The van der Waals surface area contributed by atoms with Crippen molar-refractivity contribution < 1.29 is 13.2 Å². The molecule has 0 unspecified atom stereocenters. The monoisotopic (exact) mass is 385 g/mol. The Labute approximate surface area is 154 Å². The Morgan fingerprint density at radius 1 is 1.36 bits per heavy atom. The van der Waals surface area contributed by atoms with Crippen LogP contribution in [0.5, 0.6) is 0 Å². The molecule has 25 heavy (non-hydrogen) atoms. The summed E-state index contributed by atoms with van der Waals surface area (Å²) in [5, 5.41) is 6.07. The molecule has 0 saturated carbocycles. The van der Waals surface area contributed by atoms with Crippen LogP contribution in [-0.4, -0.2) is 40.5 Å². The second kappa shape index (κ2) is 9.47. The van der Waals surface area contributed by atoms with Crippen LogP contribution in [0.25, 0.3) is 0 Å². The molecule has 1 aliphatic rings. The number of hydrogen-bond donors (Lipinski definition) is 3. The second-order valence-electron chi connectivity index (χ2n) is 6.56. The van der Waals surface area contributed by atoms with Crippen LogP contribution >= 0.6 is 11.3 Å². The molecule has 3 N–H and O–H groups in total. The summed E-state index contributed by atoms with van der Waals surface area (Å²) in [5.41, 5.74) is 1.12. The molecule has 0 radical (unpaired) electrons. The average molecular weight is 386 g/mol. The van der Waals surface area contributed by atoms with Gasteiger partial charge in [-0.15, -0.1) is 11.3 Å². The van der Waals surface area contributed by atoms with E-state index < -0.39 is 10.0 Å². The predicted octanol–water partition coefficient (Wildman–Crippen LogP) is 1.65. The van der Waals surface area contributed by atoms with E-state index in [1.54, 1.807) is 6.07 Å². The van der Waals surface area contributed by atoms with Crippen LogP contribution in [0.4, 0.5) is 0 Å². The van der Waals surface area contributed by atoms with Gasteiger partial charge in [-0.05, 0) is 37.4 Å². The van der Waals surface area contributed by atoms with Crippen LogP contribution in [0, 0.1) is 5.92 Å². The lowest BCUT2D eigenvalue weighted by Gasteiger charge is -2.14. The number of rotatable bonds is 9. The van der Waals surface area contributed by atoms with Gasteiger partial charge in [0.15, 0.2) is 0 Å². The zero-order valence-electron chi connectivity index (χ0n) is 14.8. The van der Waals surface area contributed by atoms with Crippen LogP contribution < -0.4 is 15.4 Å². The van der Waals surface area contributed by atoms with Crippen LogP contribution in [0.3, 0.4) is 0 Å². The van der Waals surface area contributed by atoms with Gasteiger partial charge in [0.2, 0.25) is 15.9 Å². The van der Waals surface area contributed by atoms with Gasteiger partial charge < -0.3 is 10.6 Å². The van der Waals surface area contributed by atoms with E-state index in [0.717, 1.165) is 30.0 Å². The zero-order chi connectivity index (χ0) is 18.3. The summed E-state index contributed by atoms with van der Waals surface area (Å²) in [5.74, 6) is 0.371. The molecule has 6 nitrogen and oxygen atoms in total. The Morgan fingerprint density at radius 3 is 2.84 bits per heavy atom. The van der Waals surface area contributed by atoms with Crippen LogP contribution in [0.1, 0.15) is 31.6 Å². The van der Waals surface area contributed by atoms with Gasteiger partial charge in [0, 0.05) is 30.9 Å². The van der Waals surface area contributed by atoms with Crippen molar-refractivity contribution in [2.45, 2.75) is 37.3 Å². The lowest BCUT2D eigenvalue weighted by molar-refractivity contribution is -0.121. The largest absolute Gasteiger partial charge is 0.356 e. The maximum Gasteiger partial charge on any atom is 0.250 e. The van der Waals surface area contributed by atoms with Crippen molar-refractivity contribution in [3.05, 3.63) is 28.7 Å². The van der Waals surface area contributed by atoms with Crippen molar-refractivity contribution in [2.75, 3.05) is 26.2 Å². The highest BCUT2D eigenvalue weighted by Crippen LogP contribution is 2.22. The normalized spacial score (nSPS) is 15.2. The lowest BCUT2D eigenvalue weighted by Crippen LogP contribution is -2.29. The highest BCUT2D eigenvalue weighted by Gasteiger charge is 2.17. The van der Waals surface area contributed by atoms with Crippen molar-refractivity contribution in [1.82, 2.24) is 15.4 Å². The first kappa shape index (κ1) is 20.1. The molecule has 1 aromatic heterocycles. The van der Waals surface area contributed by atoms with Crippen molar-refractivity contribution in [3.8, 4) is 0 Å². The number of sulfonamides is 1. The Kier molecular flexibility index (Phi) is 7.61. The first-order valence-corrected chi connectivity index (χ1v) is 10.9. The quantitative estimate of drug-likeness (QED) is 0.564. The van der Waals surface area contributed by atoms with E-state index in [0.29, 0.717) is 36.1 Å². The van der Waals surface area contributed by atoms with E-state index in [2.05, 4.69) is 15.4 Å². The zero-order valence-corrected chi connectivity index (χ0v) is 16.4. The molecule has 0 atom stereocenters. The number of hydrogen-bond acceptors (Lipinski definition) is 5. The summed E-state index contributed by atoms with van der Waals surface area (Å²) in [6.07, 6.45) is 4.06. The van der Waals surface area contributed by atoms with E-state index in [-0.39, 0.29) is 5.91 Å². The predicted molar refractivity (Wildman–Crippen MR) is 101 cm³/mol. The third-order valence-electron chi connectivity index (χ3n) is 3.84. The number of thiophene rings is 1. The maximum atomic E-state index is 12.4. The summed E-state index contributed by atoms with van der Waals surface area (Å²) in [6.45, 7) is 6.58. The summed E-state index contributed by atoms with van der Waals surface area (Å²) in [7, 11) is -3.48. The minimum atomic E-state index is -3.48. The molecule has 1 amide bonds. The number of carbonyl (C=O) groups is 1. The van der Waals surface area contributed by atoms with Gasteiger partial charge in [0.25, 0.3) is 0 Å². The first-order valence-electron chi connectivity index (χ1n) is 8.60. The molecule has 2 heterocycles. The molecule has 0 aromatic carbocycles. The van der Waals surface area contributed by atoms with Gasteiger partial charge in [0.05, 0.1) is 0 Å². The molecule has 0 saturated heterocycles. The van der Waals surface area contributed by atoms with Crippen molar-refractivity contribution in [1.29, 1.82) is 0 Å². The Morgan fingerprint density at radius 2 is 2.16 bits per heavy atom. The maximum absolute atomic E-state index is 12.4. The topological polar surface area (TPSA) is 87.3 Å². The molecule has 140 valence electrons.